The molecule has 1 atom stereocenters. The average molecular weight is 336 g/mol. The van der Waals surface area contributed by atoms with Crippen LogP contribution >= 0.6 is 31.9 Å². The van der Waals surface area contributed by atoms with Crippen molar-refractivity contribution in [2.24, 2.45) is 0 Å². The maximum absolute atomic E-state index is 5.50. The monoisotopic (exact) mass is 334 g/mol. The van der Waals surface area contributed by atoms with Gasteiger partial charge in [0.2, 0.25) is 5.89 Å². The highest BCUT2D eigenvalue weighted by molar-refractivity contribution is 9.10. The molecule has 0 amide bonds. The Bertz CT molecular complexity index is 452. The summed E-state index contributed by atoms with van der Waals surface area (Å²) >= 11 is 6.71. The number of halogens is 2. The van der Waals surface area contributed by atoms with Crippen molar-refractivity contribution >= 4 is 31.9 Å². The summed E-state index contributed by atoms with van der Waals surface area (Å²) in [7, 11) is 0. The van der Waals surface area contributed by atoms with Gasteiger partial charge in [0.05, 0.1) is 16.7 Å². The van der Waals surface area contributed by atoms with E-state index in [0.717, 1.165) is 12.0 Å². The van der Waals surface area contributed by atoms with Crippen LogP contribution in [0.2, 0.25) is 0 Å². The fourth-order valence-electron chi connectivity index (χ4n) is 1.09. The van der Waals surface area contributed by atoms with Crippen molar-refractivity contribution in [3.8, 4) is 11.5 Å². The Labute approximate surface area is 103 Å². The summed E-state index contributed by atoms with van der Waals surface area (Å²) in [6.45, 7) is 2.04. The second kappa shape index (κ2) is 4.49. The van der Waals surface area contributed by atoms with Crippen LogP contribution in [0.1, 0.15) is 24.1 Å². The van der Waals surface area contributed by atoms with E-state index >= 15 is 0 Å². The molecule has 0 fully saturated rings. The highest BCUT2D eigenvalue weighted by Gasteiger charge is 2.17. The number of aromatic nitrogens is 2. The molecule has 6 heteroatoms. The minimum absolute atomic E-state index is 0.101. The lowest BCUT2D eigenvalue weighted by Gasteiger charge is -1.97. The molecule has 0 N–H and O–H groups in total. The molecular weight excluding hydrogens is 328 g/mol. The van der Waals surface area contributed by atoms with Gasteiger partial charge >= 0.3 is 0 Å². The molecule has 0 aromatic carbocycles. The molecule has 80 valence electrons. The van der Waals surface area contributed by atoms with Crippen LogP contribution in [-0.4, -0.2) is 10.2 Å². The Morgan fingerprint density at radius 1 is 1.47 bits per heavy atom. The first kappa shape index (κ1) is 10.9. The molecule has 0 saturated carbocycles. The minimum atomic E-state index is 0.101. The van der Waals surface area contributed by atoms with E-state index in [1.165, 1.54) is 0 Å². The van der Waals surface area contributed by atoms with E-state index in [4.69, 9.17) is 8.83 Å². The SMILES string of the molecule is CCC(Br)c1nnc(-c2ccoc2Br)o1. The van der Waals surface area contributed by atoms with E-state index in [0.29, 0.717) is 16.5 Å². The van der Waals surface area contributed by atoms with Crippen molar-refractivity contribution in [3.05, 3.63) is 22.9 Å². The molecule has 0 aliphatic rings. The molecule has 0 bridgehead atoms. The van der Waals surface area contributed by atoms with Crippen LogP contribution in [0.3, 0.4) is 0 Å². The third-order valence-corrected chi connectivity index (χ3v) is 3.57. The van der Waals surface area contributed by atoms with E-state index in [1.807, 2.05) is 6.92 Å². The Morgan fingerprint density at radius 2 is 2.27 bits per heavy atom. The Hall–Kier alpha value is -0.620. The van der Waals surface area contributed by atoms with Crippen molar-refractivity contribution in [3.63, 3.8) is 0 Å². The van der Waals surface area contributed by atoms with E-state index in [2.05, 4.69) is 42.1 Å². The van der Waals surface area contributed by atoms with Crippen LogP contribution in [0.4, 0.5) is 0 Å². The summed E-state index contributed by atoms with van der Waals surface area (Å²) in [4.78, 5) is 0.101. The molecule has 0 aliphatic heterocycles. The molecule has 0 radical (unpaired) electrons. The molecule has 0 saturated heterocycles. The minimum Gasteiger partial charge on any atom is -0.457 e. The lowest BCUT2D eigenvalue weighted by atomic mass is 10.3. The Balaban J connectivity index is 2.32. The number of furan rings is 1. The predicted octanol–water partition coefficient (Wildman–Crippen LogP) is 3.94. The summed E-state index contributed by atoms with van der Waals surface area (Å²) in [6, 6.07) is 1.77. The van der Waals surface area contributed by atoms with Crippen molar-refractivity contribution in [1.29, 1.82) is 0 Å². The van der Waals surface area contributed by atoms with Crippen LogP contribution in [0, 0.1) is 0 Å². The van der Waals surface area contributed by atoms with Crippen molar-refractivity contribution in [1.82, 2.24) is 10.2 Å². The zero-order valence-electron chi connectivity index (χ0n) is 7.91. The number of alkyl halides is 1. The zero-order valence-corrected chi connectivity index (χ0v) is 11.1. The highest BCUT2D eigenvalue weighted by Crippen LogP contribution is 2.31. The smallest absolute Gasteiger partial charge is 0.252 e. The van der Waals surface area contributed by atoms with E-state index in [9.17, 15) is 0 Å². The summed E-state index contributed by atoms with van der Waals surface area (Å²) in [6.07, 6.45) is 2.46. The van der Waals surface area contributed by atoms with Gasteiger partial charge in [-0.2, -0.15) is 0 Å². The predicted molar refractivity (Wildman–Crippen MR) is 61.7 cm³/mol. The molecule has 15 heavy (non-hydrogen) atoms. The zero-order chi connectivity index (χ0) is 10.8. The summed E-state index contributed by atoms with van der Waals surface area (Å²) in [5, 5.41) is 7.91. The van der Waals surface area contributed by atoms with Crippen molar-refractivity contribution in [2.75, 3.05) is 0 Å². The van der Waals surface area contributed by atoms with Crippen LogP contribution in [0.25, 0.3) is 11.5 Å². The molecular formula is C9H8Br2N2O2. The van der Waals surface area contributed by atoms with Gasteiger partial charge in [0.25, 0.3) is 5.89 Å². The van der Waals surface area contributed by atoms with Gasteiger partial charge in [-0.05, 0) is 28.4 Å². The fourth-order valence-corrected chi connectivity index (χ4v) is 1.69. The molecule has 2 rings (SSSR count). The summed E-state index contributed by atoms with van der Waals surface area (Å²) in [5.74, 6) is 1.05. The largest absolute Gasteiger partial charge is 0.457 e. The van der Waals surface area contributed by atoms with Gasteiger partial charge in [-0.3, -0.25) is 0 Å². The molecule has 4 nitrogen and oxygen atoms in total. The summed E-state index contributed by atoms with van der Waals surface area (Å²) in [5.41, 5.74) is 0.768. The Morgan fingerprint density at radius 3 is 2.87 bits per heavy atom. The van der Waals surface area contributed by atoms with E-state index in [1.54, 1.807) is 12.3 Å². The molecule has 2 aromatic rings. The van der Waals surface area contributed by atoms with Gasteiger partial charge in [0, 0.05) is 0 Å². The van der Waals surface area contributed by atoms with Crippen molar-refractivity contribution < 1.29 is 8.83 Å². The van der Waals surface area contributed by atoms with Gasteiger partial charge in [-0.1, -0.05) is 22.9 Å². The van der Waals surface area contributed by atoms with Gasteiger partial charge in [0.1, 0.15) is 0 Å². The van der Waals surface area contributed by atoms with Crippen LogP contribution < -0.4 is 0 Å². The first-order chi connectivity index (χ1) is 7.22. The second-order valence-electron chi connectivity index (χ2n) is 2.93. The van der Waals surface area contributed by atoms with Gasteiger partial charge in [-0.25, -0.2) is 0 Å². The normalized spacial score (nSPS) is 13.0. The fraction of sp³-hybridized carbons (Fsp3) is 0.333. The number of hydrogen-bond acceptors (Lipinski definition) is 4. The Kier molecular flexibility index (Phi) is 3.25. The van der Waals surface area contributed by atoms with Crippen molar-refractivity contribution in [2.45, 2.75) is 18.2 Å². The maximum atomic E-state index is 5.50. The second-order valence-corrected chi connectivity index (χ2v) is 4.75. The topological polar surface area (TPSA) is 52.1 Å². The first-order valence-electron chi connectivity index (χ1n) is 4.43. The van der Waals surface area contributed by atoms with Gasteiger partial charge in [-0.15, -0.1) is 10.2 Å². The molecule has 2 heterocycles. The standard InChI is InChI=1S/C9H8Br2N2O2/c1-2-6(10)9-13-12-8(15-9)5-3-4-14-7(5)11/h3-4,6H,2H2,1H3. The molecule has 0 aliphatic carbocycles. The highest BCUT2D eigenvalue weighted by atomic mass is 79.9. The van der Waals surface area contributed by atoms with Crippen LogP contribution in [0.15, 0.2) is 25.8 Å². The van der Waals surface area contributed by atoms with Crippen LogP contribution in [0.5, 0.6) is 0 Å². The molecule has 1 unspecified atom stereocenters. The van der Waals surface area contributed by atoms with Gasteiger partial charge < -0.3 is 8.83 Å². The number of nitrogens with zero attached hydrogens (tertiary/aromatic N) is 2. The molecule has 2 aromatic heterocycles. The van der Waals surface area contributed by atoms with Gasteiger partial charge in [0.15, 0.2) is 4.67 Å². The summed E-state index contributed by atoms with van der Waals surface area (Å²) < 4.78 is 11.2. The number of hydrogen-bond donors (Lipinski definition) is 0. The van der Waals surface area contributed by atoms with E-state index in [-0.39, 0.29) is 4.83 Å². The first-order valence-corrected chi connectivity index (χ1v) is 6.14. The van der Waals surface area contributed by atoms with Crippen LogP contribution in [-0.2, 0) is 0 Å². The lowest BCUT2D eigenvalue weighted by Crippen LogP contribution is -1.86. The average Bonchev–Trinajstić information content (AvgIpc) is 2.84. The lowest BCUT2D eigenvalue weighted by molar-refractivity contribution is 0.496. The maximum Gasteiger partial charge on any atom is 0.252 e. The third-order valence-electron chi connectivity index (χ3n) is 1.92. The quantitative estimate of drug-likeness (QED) is 0.797. The third kappa shape index (κ3) is 2.15. The number of rotatable bonds is 3. The molecule has 0 spiro atoms. The van der Waals surface area contributed by atoms with E-state index < -0.39 is 0 Å².